The van der Waals surface area contributed by atoms with E-state index in [1.807, 2.05) is 53.4 Å². The summed E-state index contributed by atoms with van der Waals surface area (Å²) < 4.78 is 0. The van der Waals surface area contributed by atoms with Crippen LogP contribution in [-0.2, 0) is 6.54 Å². The van der Waals surface area contributed by atoms with E-state index in [0.29, 0.717) is 12.1 Å². The van der Waals surface area contributed by atoms with E-state index in [2.05, 4.69) is 20.2 Å². The molecule has 0 unspecified atom stereocenters. The Morgan fingerprint density at radius 2 is 1.79 bits per heavy atom. The summed E-state index contributed by atoms with van der Waals surface area (Å²) in [6.45, 7) is 0.497. The van der Waals surface area contributed by atoms with E-state index in [0.717, 1.165) is 28.5 Å². The summed E-state index contributed by atoms with van der Waals surface area (Å²) in [6, 6.07) is 18.5. The smallest absolute Gasteiger partial charge is 0.274 e. The van der Waals surface area contributed by atoms with Gasteiger partial charge in [0.1, 0.15) is 11.6 Å². The molecule has 0 spiro atoms. The molecular weight excluding hydrogens is 368 g/mol. The molecule has 0 fully saturated rings. The zero-order valence-corrected chi connectivity index (χ0v) is 15.4. The first-order chi connectivity index (χ1) is 14.2. The lowest BCUT2D eigenvalue weighted by atomic mass is 10.1. The molecule has 0 radical (unpaired) electrons. The molecule has 29 heavy (non-hydrogen) atoms. The van der Waals surface area contributed by atoms with Crippen LogP contribution in [0.3, 0.4) is 0 Å². The van der Waals surface area contributed by atoms with Crippen LogP contribution < -0.4 is 10.4 Å². The van der Waals surface area contributed by atoms with Crippen molar-refractivity contribution < 1.29 is 10.0 Å². The summed E-state index contributed by atoms with van der Waals surface area (Å²) in [7, 11) is 0. The first-order valence-corrected chi connectivity index (χ1v) is 8.92. The lowest BCUT2D eigenvalue weighted by Gasteiger charge is -2.23. The average Bonchev–Trinajstić information content (AvgIpc) is 3.33. The Morgan fingerprint density at radius 1 is 0.966 bits per heavy atom. The van der Waals surface area contributed by atoms with Gasteiger partial charge >= 0.3 is 0 Å². The molecule has 3 N–H and O–H groups in total. The predicted octanol–water partition coefficient (Wildman–Crippen LogP) is 3.32. The zero-order valence-electron chi connectivity index (χ0n) is 15.4. The second kappa shape index (κ2) is 8.32. The third-order valence-corrected chi connectivity index (χ3v) is 4.42. The molecular formula is C21H18N6O2. The monoisotopic (exact) mass is 386 g/mol. The summed E-state index contributed by atoms with van der Waals surface area (Å²) in [5, 5.41) is 15.7. The Kier molecular flexibility index (Phi) is 5.26. The Labute approximate surface area is 166 Å². The number of nitrogens with one attached hydrogen (secondary N) is 2. The highest BCUT2D eigenvalue weighted by Crippen LogP contribution is 2.27. The quantitative estimate of drug-likeness (QED) is 0.347. The SMILES string of the molecule is O=C(NO)c1ccc(CN(c2ccccn2)c2cc(-c3ccn[nH]3)ccn2)cc1. The average molecular weight is 386 g/mol. The van der Waals surface area contributed by atoms with Gasteiger partial charge < -0.3 is 4.90 Å². The molecule has 144 valence electrons. The van der Waals surface area contributed by atoms with E-state index in [4.69, 9.17) is 5.21 Å². The normalized spacial score (nSPS) is 10.5. The van der Waals surface area contributed by atoms with Crippen molar-refractivity contribution in [3.05, 3.63) is 90.4 Å². The highest BCUT2D eigenvalue weighted by molar-refractivity contribution is 5.93. The molecule has 0 saturated carbocycles. The number of anilines is 2. The van der Waals surface area contributed by atoms with Crippen LogP contribution in [0, 0.1) is 0 Å². The number of nitrogens with zero attached hydrogens (tertiary/aromatic N) is 4. The van der Waals surface area contributed by atoms with Crippen molar-refractivity contribution >= 4 is 17.5 Å². The number of pyridine rings is 2. The van der Waals surface area contributed by atoms with Gasteiger partial charge in [0, 0.05) is 29.7 Å². The Bertz CT molecular complexity index is 1080. The second-order valence-electron chi connectivity index (χ2n) is 6.28. The zero-order chi connectivity index (χ0) is 20.1. The fourth-order valence-electron chi connectivity index (χ4n) is 2.95. The van der Waals surface area contributed by atoms with Crippen molar-refractivity contribution in [3.8, 4) is 11.3 Å². The van der Waals surface area contributed by atoms with E-state index in [1.54, 1.807) is 36.2 Å². The Balaban J connectivity index is 1.68. The van der Waals surface area contributed by atoms with Gasteiger partial charge in [0.25, 0.3) is 5.91 Å². The molecule has 1 aromatic carbocycles. The number of aromatic amines is 1. The maximum Gasteiger partial charge on any atom is 0.274 e. The van der Waals surface area contributed by atoms with Crippen molar-refractivity contribution in [2.75, 3.05) is 4.90 Å². The standard InChI is InChI=1S/C21H18N6O2/c28-21(26-29)16-6-4-15(5-7-16)14-27(19-3-1-2-10-22-19)20-13-17(8-11-23-20)18-9-12-24-25-18/h1-13,29H,14H2,(H,24,25)(H,26,28). The molecule has 0 aliphatic rings. The molecule has 4 aromatic rings. The molecule has 3 heterocycles. The molecule has 0 saturated heterocycles. The van der Waals surface area contributed by atoms with Crippen molar-refractivity contribution in [1.82, 2.24) is 25.6 Å². The van der Waals surface area contributed by atoms with Crippen molar-refractivity contribution in [1.29, 1.82) is 0 Å². The van der Waals surface area contributed by atoms with E-state index in [1.165, 1.54) is 0 Å². The minimum Gasteiger partial charge on any atom is -0.307 e. The van der Waals surface area contributed by atoms with Gasteiger partial charge in [-0.05, 0) is 48.0 Å². The second-order valence-corrected chi connectivity index (χ2v) is 6.28. The topological polar surface area (TPSA) is 107 Å². The lowest BCUT2D eigenvalue weighted by molar-refractivity contribution is 0.0706. The molecule has 3 aromatic heterocycles. The summed E-state index contributed by atoms with van der Waals surface area (Å²) in [4.78, 5) is 22.5. The number of carbonyl (C=O) groups excluding carboxylic acids is 1. The van der Waals surface area contributed by atoms with Gasteiger partial charge in [-0.25, -0.2) is 15.4 Å². The van der Waals surface area contributed by atoms with E-state index < -0.39 is 5.91 Å². The first-order valence-electron chi connectivity index (χ1n) is 8.92. The minimum absolute atomic E-state index is 0.375. The van der Waals surface area contributed by atoms with Crippen molar-refractivity contribution in [2.45, 2.75) is 6.54 Å². The summed E-state index contributed by atoms with van der Waals surface area (Å²) in [5.74, 6) is 0.930. The number of benzene rings is 1. The van der Waals surface area contributed by atoms with Crippen LogP contribution in [0.5, 0.6) is 0 Å². The molecule has 8 nitrogen and oxygen atoms in total. The summed E-state index contributed by atoms with van der Waals surface area (Å²) in [6.07, 6.45) is 5.18. The van der Waals surface area contributed by atoms with Crippen LogP contribution >= 0.6 is 0 Å². The summed E-state index contributed by atoms with van der Waals surface area (Å²) >= 11 is 0. The highest BCUT2D eigenvalue weighted by Gasteiger charge is 2.14. The minimum atomic E-state index is -0.549. The Hall–Kier alpha value is -4.04. The van der Waals surface area contributed by atoms with Crippen LogP contribution in [0.15, 0.2) is 79.3 Å². The van der Waals surface area contributed by atoms with Gasteiger partial charge in [-0.15, -0.1) is 0 Å². The number of hydroxylamine groups is 1. The van der Waals surface area contributed by atoms with Crippen LogP contribution in [0.2, 0.25) is 0 Å². The third-order valence-electron chi connectivity index (χ3n) is 4.42. The van der Waals surface area contributed by atoms with E-state index >= 15 is 0 Å². The number of H-pyrrole nitrogens is 1. The Morgan fingerprint density at radius 3 is 2.48 bits per heavy atom. The molecule has 0 aliphatic carbocycles. The number of carbonyl (C=O) groups is 1. The lowest BCUT2D eigenvalue weighted by Crippen LogP contribution is -2.20. The van der Waals surface area contributed by atoms with Gasteiger partial charge in [-0.3, -0.25) is 15.1 Å². The van der Waals surface area contributed by atoms with Crippen LogP contribution in [-0.4, -0.2) is 31.3 Å². The van der Waals surface area contributed by atoms with Crippen LogP contribution in [0.1, 0.15) is 15.9 Å². The van der Waals surface area contributed by atoms with E-state index in [9.17, 15) is 4.79 Å². The van der Waals surface area contributed by atoms with Gasteiger partial charge in [0.2, 0.25) is 0 Å². The molecule has 8 heteroatoms. The van der Waals surface area contributed by atoms with Crippen LogP contribution in [0.25, 0.3) is 11.3 Å². The number of hydrogen-bond acceptors (Lipinski definition) is 6. The fraction of sp³-hybridized carbons (Fsp3) is 0.0476. The largest absolute Gasteiger partial charge is 0.307 e. The van der Waals surface area contributed by atoms with Gasteiger partial charge in [-0.2, -0.15) is 5.10 Å². The van der Waals surface area contributed by atoms with Crippen molar-refractivity contribution in [3.63, 3.8) is 0 Å². The number of hydrogen-bond donors (Lipinski definition) is 3. The van der Waals surface area contributed by atoms with Crippen LogP contribution in [0.4, 0.5) is 11.6 Å². The molecule has 1 amide bonds. The maximum absolute atomic E-state index is 11.5. The molecule has 0 atom stereocenters. The number of aromatic nitrogens is 4. The third kappa shape index (κ3) is 4.12. The maximum atomic E-state index is 11.5. The van der Waals surface area contributed by atoms with E-state index in [-0.39, 0.29) is 0 Å². The predicted molar refractivity (Wildman–Crippen MR) is 108 cm³/mol. The van der Waals surface area contributed by atoms with Crippen molar-refractivity contribution in [2.24, 2.45) is 0 Å². The fourth-order valence-corrected chi connectivity index (χ4v) is 2.95. The summed E-state index contributed by atoms with van der Waals surface area (Å²) in [5.41, 5.74) is 4.83. The molecule has 4 rings (SSSR count). The number of rotatable bonds is 6. The van der Waals surface area contributed by atoms with Gasteiger partial charge in [0.05, 0.1) is 12.2 Å². The highest BCUT2D eigenvalue weighted by atomic mass is 16.5. The number of amides is 1. The van der Waals surface area contributed by atoms with Gasteiger partial charge in [0.15, 0.2) is 0 Å². The first kappa shape index (κ1) is 18.3. The molecule has 0 bridgehead atoms. The van der Waals surface area contributed by atoms with Gasteiger partial charge in [-0.1, -0.05) is 18.2 Å². The molecule has 0 aliphatic heterocycles.